The van der Waals surface area contributed by atoms with E-state index >= 15 is 0 Å². The number of aromatic amines is 1. The summed E-state index contributed by atoms with van der Waals surface area (Å²) in [5.41, 5.74) is 4.72. The highest BCUT2D eigenvalue weighted by Gasteiger charge is 2.35. The van der Waals surface area contributed by atoms with Gasteiger partial charge in [0.25, 0.3) is 0 Å². The number of fused-ring (bicyclic) bond motifs is 1. The van der Waals surface area contributed by atoms with Crippen molar-refractivity contribution in [2.75, 3.05) is 20.1 Å². The summed E-state index contributed by atoms with van der Waals surface area (Å²) in [4.78, 5) is 25.1. The highest BCUT2D eigenvalue weighted by molar-refractivity contribution is 5.80. The molecule has 1 atom stereocenters. The van der Waals surface area contributed by atoms with E-state index in [4.69, 9.17) is 4.98 Å². The van der Waals surface area contributed by atoms with Gasteiger partial charge in [-0.1, -0.05) is 18.9 Å². The number of aromatic nitrogens is 2. The van der Waals surface area contributed by atoms with Crippen molar-refractivity contribution in [2.45, 2.75) is 58.5 Å². The van der Waals surface area contributed by atoms with Crippen molar-refractivity contribution in [2.24, 2.45) is 5.92 Å². The number of carbonyl (C=O) groups is 1. The smallest absolute Gasteiger partial charge is 0.223 e. The Bertz CT molecular complexity index is 806. The summed E-state index contributed by atoms with van der Waals surface area (Å²) in [7, 11) is 2.13. The standard InChI is InChI=1S/C21H30N4O/c1-14-8-9-18-21(15(14)2)23-19(22-18)13-24(3)11-16-10-20(26)25(12-16)17-6-4-5-7-17/h8-9,16-17H,4-7,10-13H2,1-3H3,(H,22,23)/t16-/m0/s1. The topological polar surface area (TPSA) is 52.2 Å². The van der Waals surface area contributed by atoms with Crippen LogP contribution in [0.3, 0.4) is 0 Å². The van der Waals surface area contributed by atoms with E-state index < -0.39 is 0 Å². The number of hydrogen-bond acceptors (Lipinski definition) is 3. The lowest BCUT2D eigenvalue weighted by Crippen LogP contribution is -2.35. The van der Waals surface area contributed by atoms with E-state index in [0.29, 0.717) is 24.3 Å². The van der Waals surface area contributed by atoms with Gasteiger partial charge in [-0.15, -0.1) is 0 Å². The van der Waals surface area contributed by atoms with Crippen LogP contribution in [0.5, 0.6) is 0 Å². The second-order valence-electron chi connectivity index (χ2n) is 8.34. The van der Waals surface area contributed by atoms with Crippen LogP contribution in [0.2, 0.25) is 0 Å². The lowest BCUT2D eigenvalue weighted by atomic mass is 10.1. The van der Waals surface area contributed by atoms with Crippen LogP contribution in [0, 0.1) is 19.8 Å². The first kappa shape index (κ1) is 17.5. The summed E-state index contributed by atoms with van der Waals surface area (Å²) in [5, 5.41) is 0. The van der Waals surface area contributed by atoms with Crippen LogP contribution >= 0.6 is 0 Å². The maximum Gasteiger partial charge on any atom is 0.223 e. The van der Waals surface area contributed by atoms with Crippen molar-refractivity contribution in [3.05, 3.63) is 29.1 Å². The molecule has 1 amide bonds. The zero-order chi connectivity index (χ0) is 18.3. The fourth-order valence-corrected chi connectivity index (χ4v) is 4.70. The molecule has 140 valence electrons. The molecule has 2 heterocycles. The first-order valence-corrected chi connectivity index (χ1v) is 9.94. The third-order valence-corrected chi connectivity index (χ3v) is 6.22. The van der Waals surface area contributed by atoms with Gasteiger partial charge in [-0.25, -0.2) is 4.98 Å². The lowest BCUT2D eigenvalue weighted by Gasteiger charge is -2.25. The predicted octanol–water partition coefficient (Wildman–Crippen LogP) is 3.40. The Morgan fingerprint density at radius 1 is 1.27 bits per heavy atom. The number of nitrogens with one attached hydrogen (secondary N) is 1. The molecule has 0 radical (unpaired) electrons. The zero-order valence-electron chi connectivity index (χ0n) is 16.2. The number of nitrogens with zero attached hydrogens (tertiary/aromatic N) is 3. The molecule has 0 unspecified atom stereocenters. The van der Waals surface area contributed by atoms with Gasteiger partial charge < -0.3 is 9.88 Å². The van der Waals surface area contributed by atoms with Crippen LogP contribution in [0.25, 0.3) is 11.0 Å². The lowest BCUT2D eigenvalue weighted by molar-refractivity contribution is -0.129. The van der Waals surface area contributed by atoms with Crippen LogP contribution < -0.4 is 0 Å². The molecular formula is C21H30N4O. The van der Waals surface area contributed by atoms with E-state index in [1.807, 2.05) is 0 Å². The third kappa shape index (κ3) is 3.37. The van der Waals surface area contributed by atoms with E-state index in [1.54, 1.807) is 0 Å². The molecule has 5 nitrogen and oxygen atoms in total. The van der Waals surface area contributed by atoms with Crippen molar-refractivity contribution in [3.8, 4) is 0 Å². The number of benzene rings is 1. The molecule has 1 aliphatic carbocycles. The van der Waals surface area contributed by atoms with Crippen LogP contribution in [0.15, 0.2) is 12.1 Å². The SMILES string of the molecule is Cc1ccc2[nH]c(CN(C)C[C@@H]3CC(=O)N(C4CCCC4)C3)nc2c1C. The Morgan fingerprint density at radius 3 is 2.81 bits per heavy atom. The first-order valence-electron chi connectivity index (χ1n) is 9.94. The highest BCUT2D eigenvalue weighted by atomic mass is 16.2. The summed E-state index contributed by atoms with van der Waals surface area (Å²) in [6.45, 7) is 6.94. The molecule has 1 N–H and O–H groups in total. The van der Waals surface area contributed by atoms with Crippen LogP contribution in [0.1, 0.15) is 49.1 Å². The number of imidazole rings is 1. The summed E-state index contributed by atoms with van der Waals surface area (Å²) in [5.74, 6) is 1.82. The Hall–Kier alpha value is -1.88. The molecule has 1 saturated heterocycles. The zero-order valence-corrected chi connectivity index (χ0v) is 16.2. The Labute approximate surface area is 155 Å². The van der Waals surface area contributed by atoms with E-state index in [0.717, 1.165) is 36.5 Å². The summed E-state index contributed by atoms with van der Waals surface area (Å²) < 4.78 is 0. The minimum Gasteiger partial charge on any atom is -0.341 e. The Kier molecular flexibility index (Phi) is 4.74. The second kappa shape index (κ2) is 7.03. The summed E-state index contributed by atoms with van der Waals surface area (Å²) >= 11 is 0. The number of rotatable bonds is 5. The normalized spacial score (nSPS) is 21.6. The van der Waals surface area contributed by atoms with Gasteiger partial charge in [0.15, 0.2) is 0 Å². The van der Waals surface area contributed by atoms with Crippen molar-refractivity contribution < 1.29 is 4.79 Å². The maximum absolute atomic E-state index is 12.4. The van der Waals surface area contributed by atoms with Crippen LogP contribution in [0.4, 0.5) is 0 Å². The number of amides is 1. The fraction of sp³-hybridized carbons (Fsp3) is 0.619. The molecule has 1 aromatic carbocycles. The van der Waals surface area contributed by atoms with Gasteiger partial charge in [-0.3, -0.25) is 9.69 Å². The second-order valence-corrected chi connectivity index (χ2v) is 8.34. The van der Waals surface area contributed by atoms with Crippen molar-refractivity contribution >= 4 is 16.9 Å². The van der Waals surface area contributed by atoms with E-state index in [2.05, 4.69) is 47.8 Å². The van der Waals surface area contributed by atoms with Crippen molar-refractivity contribution in [1.29, 1.82) is 0 Å². The molecule has 1 aliphatic heterocycles. The molecule has 1 aromatic heterocycles. The molecule has 5 heteroatoms. The largest absolute Gasteiger partial charge is 0.341 e. The number of likely N-dealkylation sites (tertiary alicyclic amines) is 1. The molecule has 0 spiro atoms. The molecule has 2 aliphatic rings. The van der Waals surface area contributed by atoms with E-state index in [-0.39, 0.29) is 0 Å². The number of H-pyrrole nitrogens is 1. The van der Waals surface area contributed by atoms with Gasteiger partial charge in [-0.2, -0.15) is 0 Å². The summed E-state index contributed by atoms with van der Waals surface area (Å²) in [6, 6.07) is 4.77. The number of aryl methyl sites for hydroxylation is 2. The minimum absolute atomic E-state index is 0.366. The molecular weight excluding hydrogens is 324 g/mol. The van der Waals surface area contributed by atoms with E-state index in [1.165, 1.54) is 36.8 Å². The van der Waals surface area contributed by atoms with E-state index in [9.17, 15) is 4.79 Å². The van der Waals surface area contributed by atoms with Gasteiger partial charge in [0.05, 0.1) is 17.6 Å². The van der Waals surface area contributed by atoms with Crippen LogP contribution in [-0.2, 0) is 11.3 Å². The Balaban J connectivity index is 1.37. The summed E-state index contributed by atoms with van der Waals surface area (Å²) in [6.07, 6.45) is 5.67. The highest BCUT2D eigenvalue weighted by Crippen LogP contribution is 2.29. The van der Waals surface area contributed by atoms with Crippen molar-refractivity contribution in [3.63, 3.8) is 0 Å². The fourth-order valence-electron chi connectivity index (χ4n) is 4.70. The third-order valence-electron chi connectivity index (χ3n) is 6.22. The molecule has 0 bridgehead atoms. The van der Waals surface area contributed by atoms with Crippen molar-refractivity contribution in [1.82, 2.24) is 19.8 Å². The van der Waals surface area contributed by atoms with Gasteiger partial charge in [0.1, 0.15) is 5.82 Å². The van der Waals surface area contributed by atoms with Gasteiger partial charge in [-0.05, 0) is 56.8 Å². The Morgan fingerprint density at radius 2 is 2.04 bits per heavy atom. The maximum atomic E-state index is 12.4. The minimum atomic E-state index is 0.366. The molecule has 4 rings (SSSR count). The molecule has 2 fully saturated rings. The molecule has 2 aromatic rings. The average molecular weight is 354 g/mol. The molecule has 26 heavy (non-hydrogen) atoms. The quantitative estimate of drug-likeness (QED) is 0.895. The van der Waals surface area contributed by atoms with Crippen LogP contribution in [-0.4, -0.2) is 51.9 Å². The number of hydrogen-bond donors (Lipinski definition) is 1. The van der Waals surface area contributed by atoms with Gasteiger partial charge in [0.2, 0.25) is 5.91 Å². The van der Waals surface area contributed by atoms with Gasteiger partial charge >= 0.3 is 0 Å². The monoisotopic (exact) mass is 354 g/mol. The molecule has 1 saturated carbocycles. The average Bonchev–Trinajstić information content (AvgIpc) is 3.31. The van der Waals surface area contributed by atoms with Gasteiger partial charge in [0, 0.05) is 25.6 Å². The number of carbonyl (C=O) groups excluding carboxylic acids is 1. The first-order chi connectivity index (χ1) is 12.5. The predicted molar refractivity (Wildman–Crippen MR) is 104 cm³/mol.